The molecule has 6 nitrogen and oxygen atoms in total. The second kappa shape index (κ2) is 9.78. The van der Waals surface area contributed by atoms with Gasteiger partial charge >= 0.3 is 0 Å². The van der Waals surface area contributed by atoms with Crippen LogP contribution in [0.25, 0.3) is 0 Å². The van der Waals surface area contributed by atoms with Gasteiger partial charge in [0, 0.05) is 37.7 Å². The van der Waals surface area contributed by atoms with Crippen molar-refractivity contribution in [2.24, 2.45) is 0 Å². The molecule has 0 saturated carbocycles. The van der Waals surface area contributed by atoms with Gasteiger partial charge in [0.1, 0.15) is 12.0 Å². The van der Waals surface area contributed by atoms with Crippen molar-refractivity contribution < 1.29 is 13.9 Å². The van der Waals surface area contributed by atoms with Crippen LogP contribution in [-0.2, 0) is 17.6 Å². The van der Waals surface area contributed by atoms with Gasteiger partial charge in [-0.3, -0.25) is 9.78 Å². The molecule has 3 heterocycles. The molecule has 1 N–H and O–H groups in total. The maximum absolute atomic E-state index is 13.6. The van der Waals surface area contributed by atoms with E-state index in [2.05, 4.69) is 15.2 Å². The summed E-state index contributed by atoms with van der Waals surface area (Å²) < 4.78 is 18.8. The predicted octanol–water partition coefficient (Wildman–Crippen LogP) is 3.73. The Bertz CT molecular complexity index is 851. The van der Waals surface area contributed by atoms with Crippen LogP contribution in [0.2, 0.25) is 0 Å². The quantitative estimate of drug-likeness (QED) is 0.767. The summed E-state index contributed by atoms with van der Waals surface area (Å²) in [5, 5.41) is 2.96. The topological polar surface area (TPSA) is 67.4 Å². The molecule has 156 valence electrons. The van der Waals surface area contributed by atoms with Crippen LogP contribution >= 0.6 is 0 Å². The lowest BCUT2D eigenvalue weighted by molar-refractivity contribution is 0.102. The third kappa shape index (κ3) is 5.29. The number of anilines is 2. The maximum Gasteiger partial charge on any atom is 0.256 e. The Balaban J connectivity index is 1.96. The average Bonchev–Trinajstić information content (AvgIpc) is 2.72. The number of carbonyl (C=O) groups is 1. The lowest BCUT2D eigenvalue weighted by Crippen LogP contribution is -2.35. The second-order valence-corrected chi connectivity index (χ2v) is 7.42. The van der Waals surface area contributed by atoms with Crippen LogP contribution in [0.3, 0.4) is 0 Å². The van der Waals surface area contributed by atoms with Gasteiger partial charge in [-0.1, -0.05) is 6.92 Å². The molecule has 1 aliphatic heterocycles. The van der Waals surface area contributed by atoms with E-state index >= 15 is 0 Å². The van der Waals surface area contributed by atoms with Crippen molar-refractivity contribution in [3.8, 4) is 0 Å². The van der Waals surface area contributed by atoms with Gasteiger partial charge in [0.05, 0.1) is 18.5 Å². The van der Waals surface area contributed by atoms with Gasteiger partial charge < -0.3 is 15.0 Å². The Morgan fingerprint density at radius 1 is 1.31 bits per heavy atom. The molecule has 0 atom stereocenters. The van der Waals surface area contributed by atoms with E-state index in [4.69, 9.17) is 9.72 Å². The molecule has 2 aromatic heterocycles. The Morgan fingerprint density at radius 2 is 2.07 bits per heavy atom. The van der Waals surface area contributed by atoms with Gasteiger partial charge in [0.25, 0.3) is 5.91 Å². The van der Waals surface area contributed by atoms with E-state index in [1.165, 1.54) is 0 Å². The summed E-state index contributed by atoms with van der Waals surface area (Å²) in [7, 11) is 1.65. The molecule has 1 aliphatic rings. The third-order valence-corrected chi connectivity index (χ3v) is 5.21. The molecule has 29 heavy (non-hydrogen) atoms. The summed E-state index contributed by atoms with van der Waals surface area (Å²) in [6.45, 7) is 5.69. The number of piperidine rings is 1. The minimum Gasteiger partial charge on any atom is -0.384 e. The molecule has 2 aromatic rings. The highest BCUT2D eigenvalue weighted by Crippen LogP contribution is 2.26. The Morgan fingerprint density at radius 3 is 2.72 bits per heavy atom. The number of hydrogen-bond acceptors (Lipinski definition) is 5. The van der Waals surface area contributed by atoms with E-state index in [1.54, 1.807) is 19.5 Å². The molecule has 0 spiro atoms. The van der Waals surface area contributed by atoms with Crippen molar-refractivity contribution in [3.63, 3.8) is 0 Å². The number of pyridine rings is 2. The van der Waals surface area contributed by atoms with Crippen LogP contribution in [0.1, 0.15) is 46.9 Å². The van der Waals surface area contributed by atoms with Gasteiger partial charge in [-0.2, -0.15) is 0 Å². The van der Waals surface area contributed by atoms with E-state index in [0.29, 0.717) is 56.6 Å². The van der Waals surface area contributed by atoms with E-state index < -0.39 is 6.17 Å². The van der Waals surface area contributed by atoms with Crippen LogP contribution in [-0.4, -0.2) is 48.9 Å². The summed E-state index contributed by atoms with van der Waals surface area (Å²) >= 11 is 0. The van der Waals surface area contributed by atoms with E-state index in [-0.39, 0.29) is 5.91 Å². The molecule has 0 aliphatic carbocycles. The normalized spacial score (nSPS) is 14.8. The lowest BCUT2D eigenvalue weighted by Gasteiger charge is -2.30. The van der Waals surface area contributed by atoms with Gasteiger partial charge in [0.15, 0.2) is 0 Å². The first-order chi connectivity index (χ1) is 14.0. The number of nitrogens with zero attached hydrogens (tertiary/aromatic N) is 3. The standard InChI is InChI=1S/C22H29FN4O2/c1-4-20-18(7-10-29-3)19(22(28)25-17-11-15(2)13-24-14-17)12-21(26-20)27-8-5-16(23)6-9-27/h11-14,16H,4-10H2,1-3H3,(H,25,28). The number of amides is 1. The number of hydrogen-bond donors (Lipinski definition) is 1. The lowest BCUT2D eigenvalue weighted by atomic mass is 10.00. The SMILES string of the molecule is CCc1nc(N2CCC(F)CC2)cc(C(=O)Nc2cncc(C)c2)c1CCOC. The zero-order chi connectivity index (χ0) is 20.8. The van der Waals surface area contributed by atoms with Crippen molar-refractivity contribution in [3.05, 3.63) is 46.9 Å². The van der Waals surface area contributed by atoms with Gasteiger partial charge in [0.2, 0.25) is 0 Å². The molecule has 3 rings (SSSR count). The number of alkyl halides is 1. The summed E-state index contributed by atoms with van der Waals surface area (Å²) in [4.78, 5) is 24.2. The van der Waals surface area contributed by atoms with Crippen molar-refractivity contribution in [1.29, 1.82) is 0 Å². The number of aromatic nitrogens is 2. The van der Waals surface area contributed by atoms with Crippen molar-refractivity contribution >= 4 is 17.4 Å². The zero-order valence-corrected chi connectivity index (χ0v) is 17.4. The number of halogens is 1. The van der Waals surface area contributed by atoms with E-state index in [9.17, 15) is 9.18 Å². The fourth-order valence-corrected chi connectivity index (χ4v) is 3.65. The average molecular weight is 400 g/mol. The molecular formula is C22H29FN4O2. The zero-order valence-electron chi connectivity index (χ0n) is 17.4. The Labute approximate surface area is 171 Å². The number of ether oxygens (including phenoxy) is 1. The Hall–Kier alpha value is -2.54. The number of nitrogens with one attached hydrogen (secondary N) is 1. The molecular weight excluding hydrogens is 371 g/mol. The first-order valence-corrected chi connectivity index (χ1v) is 10.2. The van der Waals surface area contributed by atoms with Crippen LogP contribution in [0.4, 0.5) is 15.9 Å². The smallest absolute Gasteiger partial charge is 0.256 e. The van der Waals surface area contributed by atoms with Crippen LogP contribution in [0, 0.1) is 6.92 Å². The molecule has 1 saturated heterocycles. The van der Waals surface area contributed by atoms with Gasteiger partial charge in [-0.05, 0) is 55.9 Å². The molecule has 1 fully saturated rings. The summed E-state index contributed by atoms with van der Waals surface area (Å²) in [6, 6.07) is 3.72. The van der Waals surface area contributed by atoms with Gasteiger partial charge in [-0.25, -0.2) is 9.37 Å². The number of aryl methyl sites for hydroxylation is 2. The fourth-order valence-electron chi connectivity index (χ4n) is 3.65. The maximum atomic E-state index is 13.6. The summed E-state index contributed by atoms with van der Waals surface area (Å²) in [5.74, 6) is 0.546. The van der Waals surface area contributed by atoms with E-state index in [1.807, 2.05) is 26.0 Å². The Kier molecular flexibility index (Phi) is 7.14. The largest absolute Gasteiger partial charge is 0.384 e. The molecule has 1 amide bonds. The molecule has 0 aromatic carbocycles. The van der Waals surface area contributed by atoms with Crippen molar-refractivity contribution in [1.82, 2.24) is 9.97 Å². The minimum absolute atomic E-state index is 0.192. The number of carbonyl (C=O) groups excluding carboxylic acids is 1. The van der Waals surface area contributed by atoms with Crippen LogP contribution in [0.15, 0.2) is 24.5 Å². The molecule has 0 bridgehead atoms. The van der Waals surface area contributed by atoms with Gasteiger partial charge in [-0.15, -0.1) is 0 Å². The van der Waals surface area contributed by atoms with Crippen molar-refractivity contribution in [2.75, 3.05) is 37.0 Å². The first kappa shape index (κ1) is 21.2. The molecule has 0 radical (unpaired) electrons. The van der Waals surface area contributed by atoms with Crippen molar-refractivity contribution in [2.45, 2.75) is 45.7 Å². The molecule has 7 heteroatoms. The van der Waals surface area contributed by atoms with Crippen LogP contribution in [0.5, 0.6) is 0 Å². The third-order valence-electron chi connectivity index (χ3n) is 5.21. The molecule has 0 unspecified atom stereocenters. The number of methoxy groups -OCH3 is 1. The second-order valence-electron chi connectivity index (χ2n) is 7.42. The minimum atomic E-state index is -0.755. The highest BCUT2D eigenvalue weighted by atomic mass is 19.1. The highest BCUT2D eigenvalue weighted by Gasteiger charge is 2.23. The first-order valence-electron chi connectivity index (χ1n) is 10.2. The van der Waals surface area contributed by atoms with E-state index in [0.717, 1.165) is 22.6 Å². The highest BCUT2D eigenvalue weighted by molar-refractivity contribution is 6.06. The van der Waals surface area contributed by atoms with Crippen LogP contribution < -0.4 is 10.2 Å². The summed E-state index contributed by atoms with van der Waals surface area (Å²) in [6.07, 6.45) is 4.92. The number of rotatable bonds is 7. The fraction of sp³-hybridized carbons (Fsp3) is 0.500. The summed E-state index contributed by atoms with van der Waals surface area (Å²) in [5.41, 5.74) is 4.00. The monoisotopic (exact) mass is 400 g/mol. The predicted molar refractivity (Wildman–Crippen MR) is 112 cm³/mol.